The molecule has 4 nitrogen and oxygen atoms in total. The minimum Gasteiger partial charge on any atom is -0.504 e. The number of phenolic OH excluding ortho intramolecular Hbond substituents is 1. The molecule has 0 bridgehead atoms. The van der Waals surface area contributed by atoms with Gasteiger partial charge in [0.25, 0.3) is 0 Å². The summed E-state index contributed by atoms with van der Waals surface area (Å²) in [5, 5.41) is 10.2. The summed E-state index contributed by atoms with van der Waals surface area (Å²) in [7, 11) is 0. The molecular weight excluding hydrogens is 328 g/mol. The summed E-state index contributed by atoms with van der Waals surface area (Å²) in [6, 6.07) is 22.2. The molecule has 3 aromatic carbocycles. The predicted octanol–water partition coefficient (Wildman–Crippen LogP) is 4.64. The summed E-state index contributed by atoms with van der Waals surface area (Å²) in [6.45, 7) is 2.22. The number of benzene rings is 3. The van der Waals surface area contributed by atoms with E-state index in [9.17, 15) is 9.90 Å². The van der Waals surface area contributed by atoms with Crippen molar-refractivity contribution in [1.82, 2.24) is 0 Å². The molecule has 1 N–H and O–H groups in total. The van der Waals surface area contributed by atoms with Crippen LogP contribution in [0.4, 0.5) is 0 Å². The Morgan fingerprint density at radius 2 is 1.46 bits per heavy atom. The van der Waals surface area contributed by atoms with Gasteiger partial charge in [-0.3, -0.25) is 0 Å². The highest BCUT2D eigenvalue weighted by atomic mass is 16.5. The van der Waals surface area contributed by atoms with Crippen LogP contribution in [0.15, 0.2) is 72.8 Å². The largest absolute Gasteiger partial charge is 0.504 e. The lowest BCUT2D eigenvalue weighted by atomic mass is 10.1. The number of aryl methyl sites for hydroxylation is 1. The number of carbonyl (C=O) groups is 1. The van der Waals surface area contributed by atoms with E-state index in [1.165, 1.54) is 6.07 Å². The Labute approximate surface area is 152 Å². The average Bonchev–Trinajstić information content (AvgIpc) is 2.68. The van der Waals surface area contributed by atoms with Crippen molar-refractivity contribution in [2.45, 2.75) is 20.1 Å². The summed E-state index contributed by atoms with van der Waals surface area (Å²) in [4.78, 5) is 12.3. The molecular formula is C22H20O4. The van der Waals surface area contributed by atoms with Crippen LogP contribution in [0.2, 0.25) is 0 Å². The SMILES string of the molecule is Cc1cc(C(=O)OCc2ccccc2)cc(OCc2ccccc2)c1O. The number of ether oxygens (including phenoxy) is 2. The van der Waals surface area contributed by atoms with Gasteiger partial charge in [0.2, 0.25) is 0 Å². The topological polar surface area (TPSA) is 55.8 Å². The molecule has 0 heterocycles. The number of carbonyl (C=O) groups excluding carboxylic acids is 1. The average molecular weight is 348 g/mol. The van der Waals surface area contributed by atoms with Crippen LogP contribution < -0.4 is 4.74 Å². The minimum absolute atomic E-state index is 0.0283. The van der Waals surface area contributed by atoms with E-state index in [2.05, 4.69) is 0 Å². The fraction of sp³-hybridized carbons (Fsp3) is 0.136. The molecule has 0 saturated heterocycles. The highest BCUT2D eigenvalue weighted by Crippen LogP contribution is 2.32. The van der Waals surface area contributed by atoms with Gasteiger partial charge in [-0.15, -0.1) is 0 Å². The number of hydrogen-bond acceptors (Lipinski definition) is 4. The lowest BCUT2D eigenvalue weighted by molar-refractivity contribution is 0.0472. The second kappa shape index (κ2) is 8.21. The Hall–Kier alpha value is -3.27. The fourth-order valence-electron chi connectivity index (χ4n) is 2.52. The maximum absolute atomic E-state index is 12.3. The van der Waals surface area contributed by atoms with Crippen molar-refractivity contribution in [2.24, 2.45) is 0 Å². The molecule has 0 spiro atoms. The standard InChI is InChI=1S/C22H20O4/c1-16-12-19(22(24)26-15-18-10-6-3-7-11-18)13-20(21(16)23)25-14-17-8-4-2-5-9-17/h2-13,23H,14-15H2,1H3. The zero-order chi connectivity index (χ0) is 18.4. The van der Waals surface area contributed by atoms with E-state index >= 15 is 0 Å². The Kier molecular flexibility index (Phi) is 5.54. The van der Waals surface area contributed by atoms with Gasteiger partial charge in [-0.1, -0.05) is 60.7 Å². The van der Waals surface area contributed by atoms with Crippen LogP contribution in [0.25, 0.3) is 0 Å². The van der Waals surface area contributed by atoms with Crippen LogP contribution in [0, 0.1) is 6.92 Å². The summed E-state index contributed by atoms with van der Waals surface area (Å²) in [5.74, 6) is -0.164. The predicted molar refractivity (Wildman–Crippen MR) is 99.2 cm³/mol. The van der Waals surface area contributed by atoms with Gasteiger partial charge in [0.15, 0.2) is 11.5 Å². The van der Waals surface area contributed by atoms with Crippen molar-refractivity contribution in [3.8, 4) is 11.5 Å². The fourth-order valence-corrected chi connectivity index (χ4v) is 2.52. The number of esters is 1. The van der Waals surface area contributed by atoms with Gasteiger partial charge in [0.1, 0.15) is 13.2 Å². The van der Waals surface area contributed by atoms with Crippen molar-refractivity contribution in [2.75, 3.05) is 0 Å². The molecule has 0 amide bonds. The summed E-state index contributed by atoms with van der Waals surface area (Å²) < 4.78 is 11.1. The van der Waals surface area contributed by atoms with Gasteiger partial charge in [0.05, 0.1) is 5.56 Å². The summed E-state index contributed by atoms with van der Waals surface area (Å²) >= 11 is 0. The molecule has 26 heavy (non-hydrogen) atoms. The van der Waals surface area contributed by atoms with E-state index in [4.69, 9.17) is 9.47 Å². The summed E-state index contributed by atoms with van der Waals surface area (Å²) in [6.07, 6.45) is 0. The van der Waals surface area contributed by atoms with Gasteiger partial charge in [-0.25, -0.2) is 4.79 Å². The normalized spacial score (nSPS) is 10.3. The van der Waals surface area contributed by atoms with Gasteiger partial charge < -0.3 is 14.6 Å². The van der Waals surface area contributed by atoms with E-state index in [0.717, 1.165) is 11.1 Å². The Morgan fingerprint density at radius 3 is 2.08 bits per heavy atom. The molecule has 0 aliphatic heterocycles. The molecule has 3 rings (SSSR count). The zero-order valence-corrected chi connectivity index (χ0v) is 14.5. The second-order valence-corrected chi connectivity index (χ2v) is 5.98. The Balaban J connectivity index is 1.71. The van der Waals surface area contributed by atoms with Crippen LogP contribution >= 0.6 is 0 Å². The molecule has 4 heteroatoms. The van der Waals surface area contributed by atoms with Crippen molar-refractivity contribution in [3.63, 3.8) is 0 Å². The third-order valence-corrected chi connectivity index (χ3v) is 3.95. The van der Waals surface area contributed by atoms with Gasteiger partial charge in [-0.2, -0.15) is 0 Å². The van der Waals surface area contributed by atoms with Crippen molar-refractivity contribution in [3.05, 3.63) is 95.1 Å². The molecule has 0 unspecified atom stereocenters. The summed E-state index contributed by atoms with van der Waals surface area (Å²) in [5.41, 5.74) is 2.79. The minimum atomic E-state index is -0.457. The molecule has 3 aromatic rings. The number of hydrogen-bond donors (Lipinski definition) is 1. The third kappa shape index (κ3) is 4.42. The number of phenols is 1. The highest BCUT2D eigenvalue weighted by Gasteiger charge is 2.15. The van der Waals surface area contributed by atoms with Crippen LogP contribution in [0.5, 0.6) is 11.5 Å². The number of rotatable bonds is 6. The van der Waals surface area contributed by atoms with E-state index in [1.807, 2.05) is 60.7 Å². The van der Waals surface area contributed by atoms with Crippen molar-refractivity contribution >= 4 is 5.97 Å². The molecule has 0 aliphatic rings. The van der Waals surface area contributed by atoms with Gasteiger partial charge >= 0.3 is 5.97 Å². The molecule has 0 atom stereocenters. The quantitative estimate of drug-likeness (QED) is 0.660. The lowest BCUT2D eigenvalue weighted by Gasteiger charge is -2.12. The monoisotopic (exact) mass is 348 g/mol. The first-order valence-electron chi connectivity index (χ1n) is 8.35. The third-order valence-electron chi connectivity index (χ3n) is 3.95. The van der Waals surface area contributed by atoms with E-state index in [-0.39, 0.29) is 18.1 Å². The van der Waals surface area contributed by atoms with Crippen molar-refractivity contribution in [1.29, 1.82) is 0 Å². The number of aromatic hydroxyl groups is 1. The second-order valence-electron chi connectivity index (χ2n) is 5.98. The van der Waals surface area contributed by atoms with Crippen LogP contribution in [-0.4, -0.2) is 11.1 Å². The molecule has 132 valence electrons. The first-order chi connectivity index (χ1) is 12.6. The Morgan fingerprint density at radius 1 is 0.885 bits per heavy atom. The molecule has 0 radical (unpaired) electrons. The molecule has 0 aromatic heterocycles. The maximum atomic E-state index is 12.3. The van der Waals surface area contributed by atoms with Crippen LogP contribution in [0.3, 0.4) is 0 Å². The highest BCUT2D eigenvalue weighted by molar-refractivity contribution is 5.90. The van der Waals surface area contributed by atoms with Gasteiger partial charge in [0, 0.05) is 0 Å². The first kappa shape index (κ1) is 17.5. The lowest BCUT2D eigenvalue weighted by Crippen LogP contribution is -2.06. The smallest absolute Gasteiger partial charge is 0.338 e. The molecule has 0 fully saturated rings. The Bertz CT molecular complexity index is 873. The zero-order valence-electron chi connectivity index (χ0n) is 14.5. The molecule has 0 aliphatic carbocycles. The van der Waals surface area contributed by atoms with E-state index < -0.39 is 5.97 Å². The van der Waals surface area contributed by atoms with Crippen LogP contribution in [-0.2, 0) is 18.0 Å². The first-order valence-corrected chi connectivity index (χ1v) is 8.35. The van der Waals surface area contributed by atoms with E-state index in [1.54, 1.807) is 13.0 Å². The maximum Gasteiger partial charge on any atom is 0.338 e. The van der Waals surface area contributed by atoms with Gasteiger partial charge in [-0.05, 0) is 35.7 Å². The molecule has 0 saturated carbocycles. The van der Waals surface area contributed by atoms with Crippen LogP contribution in [0.1, 0.15) is 27.0 Å². The van der Waals surface area contributed by atoms with E-state index in [0.29, 0.717) is 17.7 Å². The van der Waals surface area contributed by atoms with Crippen molar-refractivity contribution < 1.29 is 19.4 Å².